The number of benzene rings is 2. The van der Waals surface area contributed by atoms with E-state index in [1.54, 1.807) is 31.2 Å². The van der Waals surface area contributed by atoms with Crippen molar-refractivity contribution in [1.29, 1.82) is 0 Å². The Morgan fingerprint density at radius 2 is 2.10 bits per heavy atom. The van der Waals surface area contributed by atoms with Crippen LogP contribution in [-0.4, -0.2) is 41.5 Å². The normalized spacial score (nSPS) is 16.3. The molecule has 8 heteroatoms. The van der Waals surface area contributed by atoms with E-state index in [9.17, 15) is 9.59 Å². The van der Waals surface area contributed by atoms with Crippen molar-refractivity contribution in [1.82, 2.24) is 9.78 Å². The first-order valence-electron chi connectivity index (χ1n) is 10.3. The monoisotopic (exact) mass is 486 g/mol. The molecule has 3 aromatic rings. The lowest BCUT2D eigenvalue weighted by Crippen LogP contribution is -2.22. The molecule has 2 heterocycles. The van der Waals surface area contributed by atoms with Gasteiger partial charge in [0.25, 0.3) is 0 Å². The number of esters is 2. The minimum atomic E-state index is -0.574. The number of ether oxygens (including phenoxy) is 3. The lowest BCUT2D eigenvalue weighted by Gasteiger charge is -2.23. The number of carbonyl (C=O) groups is 2. The van der Waals surface area contributed by atoms with Crippen molar-refractivity contribution in [3.05, 3.63) is 58.2 Å². The molecule has 0 bridgehead atoms. The molecule has 0 N–H and O–H groups in total. The molecule has 1 aliphatic heterocycles. The third-order valence-corrected chi connectivity index (χ3v) is 5.65. The zero-order valence-corrected chi connectivity index (χ0v) is 18.8. The van der Waals surface area contributed by atoms with Crippen molar-refractivity contribution in [2.24, 2.45) is 0 Å². The molecule has 1 unspecified atom stereocenters. The Morgan fingerprint density at radius 3 is 2.87 bits per heavy atom. The van der Waals surface area contributed by atoms with Crippen LogP contribution in [0.15, 0.2) is 46.9 Å². The number of fused-ring (bicyclic) bond motifs is 1. The molecule has 1 atom stereocenters. The molecule has 2 aromatic carbocycles. The molecule has 7 nitrogen and oxygen atoms in total. The molecule has 0 saturated carbocycles. The molecule has 1 fully saturated rings. The van der Waals surface area contributed by atoms with Gasteiger partial charge in [0, 0.05) is 22.0 Å². The summed E-state index contributed by atoms with van der Waals surface area (Å²) in [6, 6.07) is 12.7. The van der Waals surface area contributed by atoms with Crippen LogP contribution in [0, 0.1) is 0 Å². The summed E-state index contributed by atoms with van der Waals surface area (Å²) < 4.78 is 19.0. The van der Waals surface area contributed by atoms with Crippen LogP contribution in [0.3, 0.4) is 0 Å². The van der Waals surface area contributed by atoms with E-state index in [0.29, 0.717) is 29.9 Å². The van der Waals surface area contributed by atoms with Gasteiger partial charge >= 0.3 is 11.9 Å². The highest BCUT2D eigenvalue weighted by atomic mass is 79.9. The molecular weight excluding hydrogens is 464 g/mol. The van der Waals surface area contributed by atoms with Crippen LogP contribution in [0.5, 0.6) is 5.75 Å². The maximum Gasteiger partial charge on any atom is 0.364 e. The summed E-state index contributed by atoms with van der Waals surface area (Å²) >= 11 is 3.48. The minimum absolute atomic E-state index is 0.0252. The molecule has 1 saturated heterocycles. The van der Waals surface area contributed by atoms with Crippen molar-refractivity contribution in [2.75, 3.05) is 19.8 Å². The SMILES string of the molecule is CCOC(=O)Cc1ccccc1OC(=O)c1nn(C2CCCOC2)c2ccc(Br)cc12. The largest absolute Gasteiger partial charge is 0.466 e. The highest BCUT2D eigenvalue weighted by Gasteiger charge is 2.25. The van der Waals surface area contributed by atoms with Crippen molar-refractivity contribution in [2.45, 2.75) is 32.2 Å². The number of nitrogens with zero attached hydrogens (tertiary/aromatic N) is 2. The number of carbonyl (C=O) groups excluding carboxylic acids is 2. The van der Waals surface area contributed by atoms with Gasteiger partial charge in [0.2, 0.25) is 0 Å². The van der Waals surface area contributed by atoms with E-state index >= 15 is 0 Å². The van der Waals surface area contributed by atoms with Gasteiger partial charge in [0.05, 0.1) is 31.2 Å². The topological polar surface area (TPSA) is 79.7 Å². The predicted octanol–water partition coefficient (Wildman–Crippen LogP) is 4.48. The van der Waals surface area contributed by atoms with E-state index < -0.39 is 5.97 Å². The maximum absolute atomic E-state index is 13.1. The lowest BCUT2D eigenvalue weighted by molar-refractivity contribution is -0.142. The summed E-state index contributed by atoms with van der Waals surface area (Å²) in [6.45, 7) is 3.35. The standard InChI is InChI=1S/C23H23BrN2O5/c1-2-30-21(27)12-15-6-3-4-8-20(15)31-23(28)22-18-13-16(24)9-10-19(18)26(25-22)17-7-5-11-29-14-17/h3-4,6,8-10,13,17H,2,5,7,11-12,14H2,1H3. The minimum Gasteiger partial charge on any atom is -0.466 e. The third kappa shape index (κ3) is 4.80. The number of hydrogen-bond donors (Lipinski definition) is 0. The van der Waals surface area contributed by atoms with E-state index in [2.05, 4.69) is 21.0 Å². The second kappa shape index (κ2) is 9.62. The van der Waals surface area contributed by atoms with Crippen molar-refractivity contribution in [3.63, 3.8) is 0 Å². The van der Waals surface area contributed by atoms with Crippen LogP contribution in [0.4, 0.5) is 0 Å². The molecular formula is C23H23BrN2O5. The lowest BCUT2D eigenvalue weighted by atomic mass is 10.1. The molecule has 0 radical (unpaired) electrons. The second-order valence-corrected chi connectivity index (χ2v) is 8.22. The van der Waals surface area contributed by atoms with E-state index in [1.165, 1.54) is 0 Å². The summed E-state index contributed by atoms with van der Waals surface area (Å²) in [5.41, 5.74) is 1.66. The van der Waals surface area contributed by atoms with Crippen LogP contribution < -0.4 is 4.74 Å². The Morgan fingerprint density at radius 1 is 1.26 bits per heavy atom. The maximum atomic E-state index is 13.1. The summed E-state index contributed by atoms with van der Waals surface area (Å²) in [6.07, 6.45) is 1.91. The fourth-order valence-corrected chi connectivity index (χ4v) is 4.09. The Balaban J connectivity index is 1.66. The van der Waals surface area contributed by atoms with Crippen LogP contribution >= 0.6 is 15.9 Å². The summed E-state index contributed by atoms with van der Waals surface area (Å²) in [4.78, 5) is 25.1. The molecule has 1 aliphatic rings. The molecule has 0 amide bonds. The first kappa shape index (κ1) is 21.5. The summed E-state index contributed by atoms with van der Waals surface area (Å²) in [5.74, 6) is -0.629. The van der Waals surface area contributed by atoms with Crippen molar-refractivity contribution < 1.29 is 23.8 Å². The zero-order chi connectivity index (χ0) is 21.8. The van der Waals surface area contributed by atoms with Gasteiger partial charge in [-0.15, -0.1) is 0 Å². The van der Waals surface area contributed by atoms with Crippen LogP contribution in [0.25, 0.3) is 10.9 Å². The van der Waals surface area contributed by atoms with Crippen molar-refractivity contribution >= 4 is 38.8 Å². The number of hydrogen-bond acceptors (Lipinski definition) is 6. The Kier molecular flexibility index (Phi) is 6.67. The third-order valence-electron chi connectivity index (χ3n) is 5.16. The summed E-state index contributed by atoms with van der Waals surface area (Å²) in [7, 11) is 0. The fourth-order valence-electron chi connectivity index (χ4n) is 3.72. The van der Waals surface area contributed by atoms with Crippen molar-refractivity contribution in [3.8, 4) is 5.75 Å². The van der Waals surface area contributed by atoms with E-state index in [1.807, 2.05) is 22.9 Å². The molecule has 0 aliphatic carbocycles. The average Bonchev–Trinajstić information content (AvgIpc) is 3.14. The first-order valence-corrected chi connectivity index (χ1v) is 11.1. The Hall–Kier alpha value is -2.71. The van der Waals surface area contributed by atoms with Crippen LogP contribution in [0.1, 0.15) is 41.9 Å². The average molecular weight is 487 g/mol. The Labute approximate surface area is 188 Å². The van der Waals surface area contributed by atoms with Gasteiger partial charge in [-0.3, -0.25) is 9.48 Å². The van der Waals surface area contributed by atoms with Gasteiger partial charge in [-0.2, -0.15) is 5.10 Å². The molecule has 4 rings (SSSR count). The van der Waals surface area contributed by atoms with E-state index in [4.69, 9.17) is 14.2 Å². The van der Waals surface area contributed by atoms with Crippen LogP contribution in [-0.2, 0) is 20.7 Å². The van der Waals surface area contributed by atoms with Gasteiger partial charge in [0.15, 0.2) is 5.69 Å². The molecule has 1 aromatic heterocycles. The fraction of sp³-hybridized carbons (Fsp3) is 0.348. The number of aromatic nitrogens is 2. The van der Waals surface area contributed by atoms with E-state index in [-0.39, 0.29) is 24.1 Å². The zero-order valence-electron chi connectivity index (χ0n) is 17.2. The quantitative estimate of drug-likeness (QED) is 0.377. The van der Waals surface area contributed by atoms with Gasteiger partial charge in [-0.25, -0.2) is 4.79 Å². The number of halogens is 1. The highest BCUT2D eigenvalue weighted by Crippen LogP contribution is 2.30. The van der Waals surface area contributed by atoms with Gasteiger partial charge < -0.3 is 14.2 Å². The van der Waals surface area contributed by atoms with Gasteiger partial charge in [-0.1, -0.05) is 34.1 Å². The van der Waals surface area contributed by atoms with E-state index in [0.717, 1.165) is 29.4 Å². The number of para-hydroxylation sites is 1. The highest BCUT2D eigenvalue weighted by molar-refractivity contribution is 9.10. The predicted molar refractivity (Wildman–Crippen MR) is 118 cm³/mol. The first-order chi connectivity index (χ1) is 15.1. The van der Waals surface area contributed by atoms with Crippen LogP contribution in [0.2, 0.25) is 0 Å². The van der Waals surface area contributed by atoms with Gasteiger partial charge in [-0.05, 0) is 44.0 Å². The summed E-state index contributed by atoms with van der Waals surface area (Å²) in [5, 5.41) is 5.32. The van der Waals surface area contributed by atoms with Gasteiger partial charge in [0.1, 0.15) is 5.75 Å². The second-order valence-electron chi connectivity index (χ2n) is 7.30. The smallest absolute Gasteiger partial charge is 0.364 e. The molecule has 162 valence electrons. The Bertz CT molecular complexity index is 1100. The number of rotatable bonds is 6. The molecule has 0 spiro atoms. The molecule has 31 heavy (non-hydrogen) atoms.